The molecule has 0 N–H and O–H groups in total. The minimum absolute atomic E-state index is 0. The van der Waals surface area contributed by atoms with Crippen LogP contribution in [0.25, 0.3) is 33.1 Å². The largest absolute Gasteiger partial charge is 2.00 e. The molecular weight excluding hydrogens is 646 g/mol. The van der Waals surface area contributed by atoms with E-state index in [9.17, 15) is 0 Å². The van der Waals surface area contributed by atoms with E-state index < -0.39 is 8.07 Å². The first-order chi connectivity index (χ1) is 16.9. The van der Waals surface area contributed by atoms with Crippen molar-refractivity contribution in [2.75, 3.05) is 0 Å². The van der Waals surface area contributed by atoms with Crippen molar-refractivity contribution >= 4 is 40.8 Å². The van der Waals surface area contributed by atoms with Gasteiger partial charge in [-0.05, 0) is 46.9 Å². The first-order valence-corrected chi connectivity index (χ1v) is 15.4. The monoisotopic (exact) mass is 668 g/mol. The smallest absolute Gasteiger partial charge is 0.501 e. The Bertz CT molecular complexity index is 1780. The fraction of sp³-hybridized carbons (Fsp3) is 0.179. The summed E-state index contributed by atoms with van der Waals surface area (Å²) in [7, 11) is -1.89. The number of ether oxygens (including phenoxy) is 1. The van der Waals surface area contributed by atoms with E-state index in [1.165, 1.54) is 0 Å². The molecule has 1 aliphatic rings. The van der Waals surface area contributed by atoms with Crippen molar-refractivity contribution in [3.05, 3.63) is 84.4 Å². The number of imidazole rings is 1. The summed E-state index contributed by atoms with van der Waals surface area (Å²) in [5.74, 6) is 1.27. The number of hydrogen-bond acceptors (Lipinski definition) is 4. The molecule has 0 saturated carbocycles. The third kappa shape index (κ3) is 3.69. The summed E-state index contributed by atoms with van der Waals surface area (Å²) < 4.78 is 10.5. The molecule has 6 nitrogen and oxygen atoms in total. The normalized spacial score (nSPS) is 13.2. The molecule has 0 amide bonds. The Morgan fingerprint density at radius 2 is 1.75 bits per heavy atom. The van der Waals surface area contributed by atoms with Crippen molar-refractivity contribution in [2.24, 2.45) is 0 Å². The van der Waals surface area contributed by atoms with E-state index in [-0.39, 0.29) is 21.1 Å². The van der Waals surface area contributed by atoms with E-state index in [2.05, 4.69) is 72.7 Å². The Morgan fingerprint density at radius 1 is 0.917 bits per heavy atom. The van der Waals surface area contributed by atoms with Crippen LogP contribution in [0.2, 0.25) is 19.6 Å². The molecule has 1 aliphatic heterocycles. The molecule has 0 spiro atoms. The number of fused-ring (bicyclic) bond motifs is 10. The zero-order valence-electron chi connectivity index (χ0n) is 20.1. The molecule has 36 heavy (non-hydrogen) atoms. The number of para-hydroxylation sites is 1. The van der Waals surface area contributed by atoms with E-state index in [1.54, 1.807) is 0 Å². The van der Waals surface area contributed by atoms with Crippen molar-refractivity contribution in [2.45, 2.75) is 32.5 Å². The molecule has 8 heteroatoms. The number of pyridine rings is 2. The fourth-order valence-electron chi connectivity index (χ4n) is 4.81. The third-order valence-corrected chi connectivity index (χ3v) is 8.28. The molecule has 6 aromatic rings. The van der Waals surface area contributed by atoms with Gasteiger partial charge in [0.15, 0.2) is 0 Å². The average Bonchev–Trinajstić information content (AvgIpc) is 3.49. The van der Waals surface area contributed by atoms with Crippen molar-refractivity contribution in [3.8, 4) is 17.2 Å². The van der Waals surface area contributed by atoms with Gasteiger partial charge in [0.05, 0.1) is 25.2 Å². The van der Waals surface area contributed by atoms with E-state index >= 15 is 0 Å². The van der Waals surface area contributed by atoms with Gasteiger partial charge < -0.3 is 14.1 Å². The van der Waals surface area contributed by atoms with Crippen LogP contribution in [0.3, 0.4) is 0 Å². The molecule has 0 radical (unpaired) electrons. The van der Waals surface area contributed by atoms with E-state index in [0.717, 1.165) is 62.7 Å². The maximum atomic E-state index is 6.48. The van der Waals surface area contributed by atoms with Crippen LogP contribution in [-0.4, -0.2) is 32.2 Å². The van der Waals surface area contributed by atoms with Gasteiger partial charge in [0.25, 0.3) is 0 Å². The Labute approximate surface area is 224 Å². The number of benzene rings is 2. The summed E-state index contributed by atoms with van der Waals surface area (Å²) in [6.07, 6.45) is 5.70. The van der Waals surface area contributed by atoms with Gasteiger partial charge >= 0.3 is 21.1 Å². The van der Waals surface area contributed by atoms with Crippen molar-refractivity contribution in [1.29, 1.82) is 0 Å². The fourth-order valence-corrected chi connectivity index (χ4v) is 6.05. The predicted octanol–water partition coefficient (Wildman–Crippen LogP) is 5.26. The predicted molar refractivity (Wildman–Crippen MR) is 140 cm³/mol. The van der Waals surface area contributed by atoms with Gasteiger partial charge in [-0.2, -0.15) is 11.2 Å². The van der Waals surface area contributed by atoms with Crippen molar-refractivity contribution in [1.82, 2.24) is 24.1 Å². The number of rotatable bonds is 1. The van der Waals surface area contributed by atoms with Gasteiger partial charge in [-0.25, -0.2) is 0 Å². The molecule has 7 rings (SSSR count). The molecule has 180 valence electrons. The minimum Gasteiger partial charge on any atom is -0.501 e. The van der Waals surface area contributed by atoms with Crippen LogP contribution >= 0.6 is 0 Å². The molecule has 0 aliphatic carbocycles. The van der Waals surface area contributed by atoms with Gasteiger partial charge in [0, 0.05) is 29.4 Å². The van der Waals surface area contributed by atoms with Gasteiger partial charge in [-0.1, -0.05) is 49.3 Å². The average molecular weight is 669 g/mol. The van der Waals surface area contributed by atoms with Crippen LogP contribution in [0.15, 0.2) is 60.9 Å². The molecule has 4 aromatic heterocycles. The van der Waals surface area contributed by atoms with Crippen LogP contribution < -0.4 is 10.1 Å². The van der Waals surface area contributed by atoms with Crippen LogP contribution in [-0.2, 0) is 33.9 Å². The number of nitrogens with zero attached hydrogens (tertiary/aromatic N) is 5. The summed E-state index contributed by atoms with van der Waals surface area (Å²) in [6.45, 7) is 6.85. The quantitative estimate of drug-likeness (QED) is 0.137. The summed E-state index contributed by atoms with van der Waals surface area (Å²) >= 11 is 0. The first-order valence-electron chi connectivity index (χ1n) is 11.9. The van der Waals surface area contributed by atoms with Gasteiger partial charge in [-0.15, -0.1) is 18.2 Å². The zero-order valence-corrected chi connectivity index (χ0v) is 23.4. The zero-order chi connectivity index (χ0) is 23.7. The topological polar surface area (TPSA) is 57.2 Å². The van der Waals surface area contributed by atoms with E-state index in [1.807, 2.05) is 29.1 Å². The van der Waals surface area contributed by atoms with Crippen LogP contribution in [0.4, 0.5) is 0 Å². The maximum absolute atomic E-state index is 6.48. The van der Waals surface area contributed by atoms with E-state index in [4.69, 9.17) is 19.8 Å². The van der Waals surface area contributed by atoms with Crippen molar-refractivity contribution in [3.63, 3.8) is 0 Å². The number of hydrogen-bond donors (Lipinski definition) is 0. The molecule has 0 saturated heterocycles. The number of aryl methyl sites for hydroxylation is 2. The third-order valence-electron chi connectivity index (χ3n) is 6.52. The molecule has 0 unspecified atom stereocenters. The Balaban J connectivity index is 0.00000240. The molecule has 0 fully saturated rings. The standard InChI is InChI=1S/C28H23N5OSi.Pt/c1-35(2,3)28-25-16-23-26(30-28)22-9-4-5-10-24(22)32-17-19(29-27(23)32)12-11-18-13-14-33(31-18)20-7-6-8-21(15-20)34-25;/h4-10,13-14,17H,11-12H2,1-3H3;/q-2;+2. The number of aromatic nitrogens is 5. The van der Waals surface area contributed by atoms with Gasteiger partial charge in [0.2, 0.25) is 0 Å². The molecule has 5 heterocycles. The minimum atomic E-state index is -1.89. The van der Waals surface area contributed by atoms with Crippen LogP contribution in [0.1, 0.15) is 11.4 Å². The summed E-state index contributed by atoms with van der Waals surface area (Å²) in [5, 5.41) is 7.72. The van der Waals surface area contributed by atoms with Crippen LogP contribution in [0, 0.1) is 12.1 Å². The summed E-state index contributed by atoms with van der Waals surface area (Å²) in [4.78, 5) is 10.3. The SMILES string of the molecule is C[Si](C)(C)c1nc2c3[c-]c1Oc1[c-]c(ccc1)-n1ccc(n1)CCc1cn(c4ccccc24)c3n1.[Pt+2]. The molecule has 2 aromatic carbocycles. The Morgan fingerprint density at radius 3 is 2.61 bits per heavy atom. The first kappa shape index (κ1) is 23.1. The molecule has 0 atom stereocenters. The maximum Gasteiger partial charge on any atom is 2.00 e. The summed E-state index contributed by atoms with van der Waals surface area (Å²) in [5.41, 5.74) is 5.74. The Kier molecular flexibility index (Phi) is 5.39. The second kappa shape index (κ2) is 8.39. The Hall–Kier alpha value is -3.28. The second-order valence-corrected chi connectivity index (χ2v) is 15.1. The van der Waals surface area contributed by atoms with Crippen LogP contribution in [0.5, 0.6) is 11.5 Å². The van der Waals surface area contributed by atoms with Gasteiger partial charge in [-0.3, -0.25) is 9.67 Å². The molecule has 8 bridgehead atoms. The molecular formula is C28H23N5OPtSi. The van der Waals surface area contributed by atoms with E-state index in [0.29, 0.717) is 11.5 Å². The summed E-state index contributed by atoms with van der Waals surface area (Å²) in [6, 6.07) is 23.3. The second-order valence-electron chi connectivity index (χ2n) is 10.1. The van der Waals surface area contributed by atoms with Crippen molar-refractivity contribution < 1.29 is 25.8 Å². The van der Waals surface area contributed by atoms with Gasteiger partial charge in [0.1, 0.15) is 0 Å².